The number of carbonyl (C=O) groups excluding carboxylic acids is 1. The summed E-state index contributed by atoms with van der Waals surface area (Å²) in [5, 5.41) is 3.46. The topological polar surface area (TPSA) is 50.8 Å². The van der Waals surface area contributed by atoms with Gasteiger partial charge in [0.1, 0.15) is 6.61 Å². The predicted molar refractivity (Wildman–Crippen MR) is 102 cm³/mol. The van der Waals surface area contributed by atoms with Crippen LogP contribution in [0, 0.1) is 0 Å². The third-order valence-electron chi connectivity index (χ3n) is 6.10. The van der Waals surface area contributed by atoms with Crippen LogP contribution in [0.15, 0.2) is 48.5 Å². The maximum Gasteiger partial charge on any atom is 0.267 e. The van der Waals surface area contributed by atoms with Crippen molar-refractivity contribution in [3.8, 4) is 11.5 Å². The monoisotopic (exact) mass is 364 g/mol. The normalized spacial score (nSPS) is 23.0. The Morgan fingerprint density at radius 1 is 1.04 bits per heavy atom. The zero-order chi connectivity index (χ0) is 18.3. The highest BCUT2D eigenvalue weighted by atomic mass is 16.6. The average Bonchev–Trinajstić information content (AvgIpc) is 2.73. The number of amides is 1. The molecule has 2 aromatic rings. The average molecular weight is 364 g/mol. The molecule has 1 atom stereocenters. The predicted octanol–water partition coefficient (Wildman–Crippen LogP) is 2.49. The van der Waals surface area contributed by atoms with Gasteiger partial charge in [-0.15, -0.1) is 0 Å². The van der Waals surface area contributed by atoms with Gasteiger partial charge in [-0.3, -0.25) is 4.79 Å². The third-order valence-corrected chi connectivity index (χ3v) is 6.10. The molecule has 3 aliphatic heterocycles. The Morgan fingerprint density at radius 3 is 2.63 bits per heavy atom. The fourth-order valence-electron chi connectivity index (χ4n) is 4.72. The molecule has 0 aliphatic carbocycles. The lowest BCUT2D eigenvalue weighted by Crippen LogP contribution is -2.55. The molecule has 0 bridgehead atoms. The van der Waals surface area contributed by atoms with E-state index in [0.29, 0.717) is 18.0 Å². The van der Waals surface area contributed by atoms with Crippen molar-refractivity contribution in [1.29, 1.82) is 0 Å². The number of ether oxygens (including phenoxy) is 2. The first kappa shape index (κ1) is 16.6. The Kier molecular flexibility index (Phi) is 4.05. The first-order chi connectivity index (χ1) is 13.3. The van der Waals surface area contributed by atoms with Gasteiger partial charge in [0.2, 0.25) is 6.10 Å². The molecule has 5 nitrogen and oxygen atoms in total. The molecule has 27 heavy (non-hydrogen) atoms. The van der Waals surface area contributed by atoms with Gasteiger partial charge in [0, 0.05) is 18.5 Å². The minimum absolute atomic E-state index is 0.0249. The van der Waals surface area contributed by atoms with Crippen LogP contribution in [0.5, 0.6) is 11.5 Å². The molecular formula is C22H24N2O3. The number of hydrogen-bond acceptors (Lipinski definition) is 4. The van der Waals surface area contributed by atoms with Crippen LogP contribution >= 0.6 is 0 Å². The van der Waals surface area contributed by atoms with E-state index < -0.39 is 6.10 Å². The van der Waals surface area contributed by atoms with Gasteiger partial charge in [-0.2, -0.15) is 0 Å². The van der Waals surface area contributed by atoms with Gasteiger partial charge in [-0.05, 0) is 49.2 Å². The van der Waals surface area contributed by atoms with Crippen molar-refractivity contribution < 1.29 is 14.3 Å². The molecule has 5 heteroatoms. The fraction of sp³-hybridized carbons (Fsp3) is 0.409. The molecule has 1 saturated heterocycles. The van der Waals surface area contributed by atoms with Crippen LogP contribution in [0.4, 0.5) is 0 Å². The second-order valence-corrected chi connectivity index (χ2v) is 7.75. The van der Waals surface area contributed by atoms with Gasteiger partial charge in [0.25, 0.3) is 5.91 Å². The van der Waals surface area contributed by atoms with Crippen molar-refractivity contribution in [3.05, 3.63) is 59.7 Å². The molecule has 1 fully saturated rings. The number of nitrogens with zero attached hydrogens (tertiary/aromatic N) is 1. The molecule has 1 N–H and O–H groups in total. The van der Waals surface area contributed by atoms with Gasteiger partial charge >= 0.3 is 0 Å². The molecule has 2 aromatic carbocycles. The summed E-state index contributed by atoms with van der Waals surface area (Å²) >= 11 is 0. The summed E-state index contributed by atoms with van der Waals surface area (Å²) in [6.07, 6.45) is 1.53. The maximum absolute atomic E-state index is 13.3. The quantitative estimate of drug-likeness (QED) is 0.845. The first-order valence-corrected chi connectivity index (χ1v) is 9.72. The summed E-state index contributed by atoms with van der Waals surface area (Å²) in [4.78, 5) is 15.3. The Hall–Kier alpha value is -2.53. The largest absolute Gasteiger partial charge is 0.485 e. The van der Waals surface area contributed by atoms with Crippen LogP contribution in [0.3, 0.4) is 0 Å². The standard InChI is InChI=1S/C22H24N2O3/c25-21(20-14-26-18-7-3-4-8-19(18)27-20)24-13-16-5-1-2-6-17(16)22(15-24)9-11-23-12-10-22/h1-8,20,23H,9-15H2/t20-/m0/s1. The summed E-state index contributed by atoms with van der Waals surface area (Å²) in [5.74, 6) is 1.38. The highest BCUT2D eigenvalue weighted by Gasteiger charge is 2.43. The minimum atomic E-state index is -0.580. The zero-order valence-corrected chi connectivity index (χ0v) is 15.3. The summed E-state index contributed by atoms with van der Waals surface area (Å²) in [7, 11) is 0. The fourth-order valence-corrected chi connectivity index (χ4v) is 4.72. The summed E-state index contributed by atoms with van der Waals surface area (Å²) in [5.41, 5.74) is 2.72. The highest BCUT2D eigenvalue weighted by Crippen LogP contribution is 2.41. The van der Waals surface area contributed by atoms with Gasteiger partial charge in [-0.1, -0.05) is 36.4 Å². The van der Waals surface area contributed by atoms with Gasteiger partial charge < -0.3 is 19.7 Å². The molecule has 1 amide bonds. The second-order valence-electron chi connectivity index (χ2n) is 7.75. The Balaban J connectivity index is 1.42. The number of piperidine rings is 1. The van der Waals surface area contributed by atoms with E-state index in [1.807, 2.05) is 29.2 Å². The molecular weight excluding hydrogens is 340 g/mol. The Morgan fingerprint density at radius 2 is 1.78 bits per heavy atom. The number of nitrogens with one attached hydrogen (secondary N) is 1. The molecule has 5 rings (SSSR count). The SMILES string of the molecule is O=C([C@@H]1COc2ccccc2O1)N1Cc2ccccc2C2(CCNCC2)C1. The van der Waals surface area contributed by atoms with Crippen LogP contribution < -0.4 is 14.8 Å². The number of hydrogen-bond donors (Lipinski definition) is 1. The number of benzene rings is 2. The van der Waals surface area contributed by atoms with Crippen LogP contribution in [0.2, 0.25) is 0 Å². The minimum Gasteiger partial charge on any atom is -0.485 e. The van der Waals surface area contributed by atoms with Crippen LogP contribution in [-0.4, -0.2) is 43.2 Å². The number of carbonyl (C=O) groups is 1. The molecule has 0 aromatic heterocycles. The van der Waals surface area contributed by atoms with E-state index in [2.05, 4.69) is 29.6 Å². The van der Waals surface area contributed by atoms with Crippen molar-refractivity contribution in [3.63, 3.8) is 0 Å². The smallest absolute Gasteiger partial charge is 0.267 e. The van der Waals surface area contributed by atoms with Gasteiger partial charge in [0.15, 0.2) is 11.5 Å². The second kappa shape index (κ2) is 6.57. The molecule has 0 radical (unpaired) electrons. The van der Waals surface area contributed by atoms with E-state index in [9.17, 15) is 4.79 Å². The van der Waals surface area contributed by atoms with Crippen LogP contribution in [0.25, 0.3) is 0 Å². The third kappa shape index (κ3) is 2.86. The number of fused-ring (bicyclic) bond motifs is 3. The molecule has 0 saturated carbocycles. The Bertz CT molecular complexity index is 860. The molecule has 3 heterocycles. The lowest BCUT2D eigenvalue weighted by molar-refractivity contribution is -0.143. The van der Waals surface area contributed by atoms with E-state index in [4.69, 9.17) is 9.47 Å². The first-order valence-electron chi connectivity index (χ1n) is 9.72. The summed E-state index contributed by atoms with van der Waals surface area (Å²) < 4.78 is 11.8. The van der Waals surface area contributed by atoms with Crippen LogP contribution in [0.1, 0.15) is 24.0 Å². The highest BCUT2D eigenvalue weighted by molar-refractivity contribution is 5.82. The van der Waals surface area contributed by atoms with Crippen molar-refractivity contribution in [2.45, 2.75) is 30.9 Å². The Labute approximate surface area is 159 Å². The van der Waals surface area contributed by atoms with Crippen LogP contribution in [-0.2, 0) is 16.8 Å². The maximum atomic E-state index is 13.3. The lowest BCUT2D eigenvalue weighted by atomic mass is 9.69. The van der Waals surface area contributed by atoms with E-state index in [0.717, 1.165) is 32.5 Å². The molecule has 0 unspecified atom stereocenters. The number of rotatable bonds is 1. The molecule has 3 aliphatic rings. The van der Waals surface area contributed by atoms with E-state index in [1.54, 1.807) is 0 Å². The van der Waals surface area contributed by atoms with Gasteiger partial charge in [-0.25, -0.2) is 0 Å². The molecule has 1 spiro atoms. The van der Waals surface area contributed by atoms with Crippen molar-refractivity contribution >= 4 is 5.91 Å². The summed E-state index contributed by atoms with van der Waals surface area (Å²) in [6.45, 7) is 3.65. The van der Waals surface area contributed by atoms with E-state index in [1.165, 1.54) is 11.1 Å². The number of para-hydroxylation sites is 2. The zero-order valence-electron chi connectivity index (χ0n) is 15.3. The molecule has 140 valence electrons. The van der Waals surface area contributed by atoms with E-state index >= 15 is 0 Å². The summed E-state index contributed by atoms with van der Waals surface area (Å²) in [6, 6.07) is 16.1. The lowest BCUT2D eigenvalue weighted by Gasteiger charge is -2.47. The van der Waals surface area contributed by atoms with Crippen molar-refractivity contribution in [2.75, 3.05) is 26.2 Å². The van der Waals surface area contributed by atoms with Gasteiger partial charge in [0.05, 0.1) is 0 Å². The van der Waals surface area contributed by atoms with Crippen molar-refractivity contribution in [2.24, 2.45) is 0 Å². The van der Waals surface area contributed by atoms with Crippen molar-refractivity contribution in [1.82, 2.24) is 10.2 Å². The van der Waals surface area contributed by atoms with E-state index in [-0.39, 0.29) is 17.9 Å².